The van der Waals surface area contributed by atoms with E-state index in [4.69, 9.17) is 14.9 Å². The van der Waals surface area contributed by atoms with Crippen molar-refractivity contribution in [3.63, 3.8) is 0 Å². The highest BCUT2D eigenvalue weighted by Gasteiger charge is 1.90. The maximum absolute atomic E-state index is 8.11. The van der Waals surface area contributed by atoms with Gasteiger partial charge < -0.3 is 14.9 Å². The summed E-state index contributed by atoms with van der Waals surface area (Å²) in [5, 5.41) is 16.0. The molecule has 0 bridgehead atoms. The van der Waals surface area contributed by atoms with Gasteiger partial charge in [0, 0.05) is 6.61 Å². The zero-order valence-electron chi connectivity index (χ0n) is 9.99. The minimum absolute atomic E-state index is 0.139. The van der Waals surface area contributed by atoms with Gasteiger partial charge in [-0.2, -0.15) is 0 Å². The van der Waals surface area contributed by atoms with Crippen LogP contribution in [0.5, 0.6) is 0 Å². The fourth-order valence-corrected chi connectivity index (χ4v) is 0.671. The van der Waals surface area contributed by atoms with Gasteiger partial charge in [0.15, 0.2) is 0 Å². The first-order valence-electron chi connectivity index (χ1n) is 5.45. The summed E-state index contributed by atoms with van der Waals surface area (Å²) in [7, 11) is 0. The molecule has 0 radical (unpaired) electrons. The fraction of sp³-hybridized carbons (Fsp3) is 1.00. The van der Waals surface area contributed by atoms with Crippen LogP contribution in [0.15, 0.2) is 0 Å². The van der Waals surface area contributed by atoms with E-state index < -0.39 is 6.10 Å². The van der Waals surface area contributed by atoms with Crippen molar-refractivity contribution in [2.24, 2.45) is 0 Å². The van der Waals surface area contributed by atoms with E-state index in [1.54, 1.807) is 0 Å². The van der Waals surface area contributed by atoms with Crippen LogP contribution >= 0.6 is 0 Å². The van der Waals surface area contributed by atoms with Gasteiger partial charge in [0.2, 0.25) is 0 Å². The molecule has 0 aromatic heterocycles. The summed E-state index contributed by atoms with van der Waals surface area (Å²) < 4.78 is 5.34. The van der Waals surface area contributed by atoms with E-state index >= 15 is 0 Å². The highest BCUT2D eigenvalue weighted by molar-refractivity contribution is 4.39. The highest BCUT2D eigenvalue weighted by atomic mass is 16.5. The van der Waals surface area contributed by atoms with E-state index in [0.717, 1.165) is 6.61 Å². The van der Waals surface area contributed by atoms with Crippen LogP contribution in [0.1, 0.15) is 47.0 Å². The van der Waals surface area contributed by atoms with Crippen molar-refractivity contribution in [3.8, 4) is 0 Å². The summed E-state index contributed by atoms with van der Waals surface area (Å²) in [6.45, 7) is 8.68. The van der Waals surface area contributed by atoms with Crippen LogP contribution < -0.4 is 0 Å². The molecular weight excluding hydrogens is 180 g/mol. The second-order valence-corrected chi connectivity index (χ2v) is 3.66. The first kappa shape index (κ1) is 16.3. The SMILES string of the molecule is CC(O)CO.CCCCCOC(C)C. The second kappa shape index (κ2) is 12.9. The zero-order chi connectivity index (χ0) is 11.4. The third-order valence-corrected chi connectivity index (χ3v) is 1.46. The number of aliphatic hydroxyl groups is 2. The molecule has 3 heteroatoms. The van der Waals surface area contributed by atoms with Gasteiger partial charge in [0.05, 0.1) is 18.8 Å². The third-order valence-electron chi connectivity index (χ3n) is 1.46. The molecule has 88 valence electrons. The molecule has 14 heavy (non-hydrogen) atoms. The molecule has 0 aliphatic carbocycles. The van der Waals surface area contributed by atoms with Gasteiger partial charge in [-0.3, -0.25) is 0 Å². The molecule has 1 unspecified atom stereocenters. The van der Waals surface area contributed by atoms with Crippen LogP contribution in [-0.2, 0) is 4.74 Å². The summed E-state index contributed by atoms with van der Waals surface area (Å²) >= 11 is 0. The molecule has 0 aliphatic rings. The van der Waals surface area contributed by atoms with Gasteiger partial charge in [-0.05, 0) is 27.2 Å². The molecule has 0 heterocycles. The van der Waals surface area contributed by atoms with Crippen molar-refractivity contribution in [3.05, 3.63) is 0 Å². The summed E-state index contributed by atoms with van der Waals surface area (Å²) in [5.41, 5.74) is 0. The average molecular weight is 206 g/mol. The van der Waals surface area contributed by atoms with Crippen molar-refractivity contribution in [1.82, 2.24) is 0 Å². The number of ether oxygens (including phenoxy) is 1. The smallest absolute Gasteiger partial charge is 0.0742 e. The Labute approximate surface area is 88.1 Å². The molecule has 0 saturated heterocycles. The minimum atomic E-state index is -0.560. The third kappa shape index (κ3) is 22.6. The van der Waals surface area contributed by atoms with Crippen molar-refractivity contribution in [2.45, 2.75) is 59.2 Å². The lowest BCUT2D eigenvalue weighted by Gasteiger charge is -2.05. The van der Waals surface area contributed by atoms with E-state index in [1.807, 2.05) is 0 Å². The molecule has 0 saturated carbocycles. The van der Waals surface area contributed by atoms with Crippen LogP contribution in [-0.4, -0.2) is 35.6 Å². The first-order valence-corrected chi connectivity index (χ1v) is 5.45. The van der Waals surface area contributed by atoms with Gasteiger partial charge in [0.25, 0.3) is 0 Å². The molecule has 0 rings (SSSR count). The molecule has 3 nitrogen and oxygen atoms in total. The number of hydrogen-bond acceptors (Lipinski definition) is 3. The molecule has 0 aliphatic heterocycles. The predicted octanol–water partition coefficient (Wildman–Crippen LogP) is 1.96. The van der Waals surface area contributed by atoms with E-state index in [9.17, 15) is 0 Å². The Hall–Kier alpha value is -0.120. The van der Waals surface area contributed by atoms with E-state index in [2.05, 4.69) is 20.8 Å². The first-order chi connectivity index (χ1) is 6.54. The standard InChI is InChI=1S/C8H18O.C3H8O2/c1-4-5-6-7-9-8(2)3;1-3(5)2-4/h8H,4-7H2,1-3H3;3-5H,2H2,1H3. The second-order valence-electron chi connectivity index (χ2n) is 3.66. The Bertz CT molecular complexity index is 92.5. The Kier molecular flexibility index (Phi) is 15.0. The molecule has 1 atom stereocenters. The number of unbranched alkanes of at least 4 members (excludes halogenated alkanes) is 2. The lowest BCUT2D eigenvalue weighted by atomic mass is 10.3. The molecule has 0 spiro atoms. The molecule has 0 aromatic rings. The highest BCUT2D eigenvalue weighted by Crippen LogP contribution is 1.96. The monoisotopic (exact) mass is 206 g/mol. The van der Waals surface area contributed by atoms with Gasteiger partial charge >= 0.3 is 0 Å². The quantitative estimate of drug-likeness (QED) is 0.653. The topological polar surface area (TPSA) is 49.7 Å². The molecule has 0 fully saturated rings. The lowest BCUT2D eigenvalue weighted by Crippen LogP contribution is -2.03. The fourth-order valence-electron chi connectivity index (χ4n) is 0.671. The predicted molar refractivity (Wildman–Crippen MR) is 59.4 cm³/mol. The summed E-state index contributed by atoms with van der Waals surface area (Å²) in [5.74, 6) is 0. The van der Waals surface area contributed by atoms with Gasteiger partial charge in [-0.15, -0.1) is 0 Å². The number of hydrogen-bond donors (Lipinski definition) is 2. The van der Waals surface area contributed by atoms with E-state index in [0.29, 0.717) is 6.10 Å². The van der Waals surface area contributed by atoms with Crippen molar-refractivity contribution >= 4 is 0 Å². The minimum Gasteiger partial charge on any atom is -0.394 e. The van der Waals surface area contributed by atoms with Crippen LogP contribution in [0.4, 0.5) is 0 Å². The van der Waals surface area contributed by atoms with Crippen molar-refractivity contribution < 1.29 is 14.9 Å². The van der Waals surface area contributed by atoms with Crippen molar-refractivity contribution in [1.29, 1.82) is 0 Å². The summed E-state index contributed by atoms with van der Waals surface area (Å²) in [6.07, 6.45) is 3.64. The normalized spacial score (nSPS) is 12.2. The van der Waals surface area contributed by atoms with E-state index in [1.165, 1.54) is 26.2 Å². The summed E-state index contributed by atoms with van der Waals surface area (Å²) in [4.78, 5) is 0. The van der Waals surface area contributed by atoms with Crippen LogP contribution in [0.25, 0.3) is 0 Å². The summed E-state index contributed by atoms with van der Waals surface area (Å²) in [6, 6.07) is 0. The largest absolute Gasteiger partial charge is 0.394 e. The van der Waals surface area contributed by atoms with Crippen LogP contribution in [0, 0.1) is 0 Å². The maximum atomic E-state index is 8.11. The Morgan fingerprint density at radius 2 is 1.64 bits per heavy atom. The average Bonchev–Trinajstić information content (AvgIpc) is 2.13. The zero-order valence-corrected chi connectivity index (χ0v) is 9.99. The van der Waals surface area contributed by atoms with Gasteiger partial charge in [-0.1, -0.05) is 19.8 Å². The Morgan fingerprint density at radius 1 is 1.14 bits per heavy atom. The lowest BCUT2D eigenvalue weighted by molar-refractivity contribution is 0.0759. The Balaban J connectivity index is 0. The van der Waals surface area contributed by atoms with Gasteiger partial charge in [0.1, 0.15) is 0 Å². The van der Waals surface area contributed by atoms with Crippen LogP contribution in [0.3, 0.4) is 0 Å². The Morgan fingerprint density at radius 3 is 1.93 bits per heavy atom. The molecular formula is C11H26O3. The number of aliphatic hydroxyl groups excluding tert-OH is 2. The maximum Gasteiger partial charge on any atom is 0.0742 e. The van der Waals surface area contributed by atoms with Crippen LogP contribution in [0.2, 0.25) is 0 Å². The van der Waals surface area contributed by atoms with Gasteiger partial charge in [-0.25, -0.2) is 0 Å². The number of rotatable bonds is 6. The molecule has 0 amide bonds. The van der Waals surface area contributed by atoms with E-state index in [-0.39, 0.29) is 6.61 Å². The molecule has 0 aromatic carbocycles. The molecule has 2 N–H and O–H groups in total. The van der Waals surface area contributed by atoms with Crippen molar-refractivity contribution in [2.75, 3.05) is 13.2 Å².